The van der Waals surface area contributed by atoms with Gasteiger partial charge in [-0.05, 0) is 12.5 Å². The van der Waals surface area contributed by atoms with Crippen LogP contribution >= 0.6 is 0 Å². The highest BCUT2D eigenvalue weighted by Gasteiger charge is 2.09. The van der Waals surface area contributed by atoms with Crippen molar-refractivity contribution in [1.82, 2.24) is 10.2 Å². The lowest BCUT2D eigenvalue weighted by Crippen LogP contribution is -2.39. The number of nitrogens with one attached hydrogen (secondary N) is 1. The molecule has 106 valence electrons. The molecule has 0 aromatic heterocycles. The van der Waals surface area contributed by atoms with E-state index in [0.717, 1.165) is 5.56 Å². The third-order valence-electron chi connectivity index (χ3n) is 2.81. The van der Waals surface area contributed by atoms with E-state index in [4.69, 9.17) is 10.2 Å². The highest BCUT2D eigenvalue weighted by molar-refractivity contribution is 5.78. The van der Waals surface area contributed by atoms with Crippen LogP contribution in [0.15, 0.2) is 24.3 Å². The minimum Gasteiger partial charge on any atom is -0.395 e. The Morgan fingerprint density at radius 3 is 2.26 bits per heavy atom. The number of aryl methyl sites for hydroxylation is 1. The van der Waals surface area contributed by atoms with Crippen LogP contribution in [0.3, 0.4) is 0 Å². The van der Waals surface area contributed by atoms with E-state index in [1.165, 1.54) is 5.56 Å². The number of aliphatic hydroxyl groups is 2. The normalized spacial score (nSPS) is 10.7. The minimum absolute atomic E-state index is 0.0226. The number of amides is 1. The maximum Gasteiger partial charge on any atom is 0.234 e. The number of aliphatic hydroxyl groups excluding tert-OH is 2. The van der Waals surface area contributed by atoms with Gasteiger partial charge in [-0.2, -0.15) is 0 Å². The summed E-state index contributed by atoms with van der Waals surface area (Å²) in [5.41, 5.74) is 2.24. The monoisotopic (exact) mass is 266 g/mol. The van der Waals surface area contributed by atoms with Gasteiger partial charge in [0, 0.05) is 19.6 Å². The number of rotatable bonds is 8. The van der Waals surface area contributed by atoms with Crippen LogP contribution in [0.4, 0.5) is 0 Å². The molecule has 0 heterocycles. The zero-order valence-electron chi connectivity index (χ0n) is 11.3. The van der Waals surface area contributed by atoms with Crippen molar-refractivity contribution in [3.05, 3.63) is 35.4 Å². The Hall–Kier alpha value is -1.43. The molecule has 0 aliphatic heterocycles. The van der Waals surface area contributed by atoms with Crippen LogP contribution in [-0.4, -0.2) is 53.9 Å². The average molecular weight is 266 g/mol. The van der Waals surface area contributed by atoms with E-state index in [0.29, 0.717) is 19.6 Å². The van der Waals surface area contributed by atoms with E-state index in [1.54, 1.807) is 4.90 Å². The van der Waals surface area contributed by atoms with Crippen molar-refractivity contribution < 1.29 is 15.0 Å². The van der Waals surface area contributed by atoms with Gasteiger partial charge in [0.2, 0.25) is 5.91 Å². The van der Waals surface area contributed by atoms with Crippen molar-refractivity contribution in [1.29, 1.82) is 0 Å². The van der Waals surface area contributed by atoms with Crippen molar-refractivity contribution in [2.75, 3.05) is 32.8 Å². The molecule has 0 saturated carbocycles. The van der Waals surface area contributed by atoms with E-state index in [-0.39, 0.29) is 25.7 Å². The fourth-order valence-corrected chi connectivity index (χ4v) is 1.72. The van der Waals surface area contributed by atoms with E-state index in [2.05, 4.69) is 5.32 Å². The lowest BCUT2D eigenvalue weighted by molar-refractivity contribution is -0.122. The number of carbonyl (C=O) groups excluding carboxylic acids is 1. The van der Waals surface area contributed by atoms with Gasteiger partial charge in [0.15, 0.2) is 0 Å². The van der Waals surface area contributed by atoms with E-state index in [9.17, 15) is 4.79 Å². The summed E-state index contributed by atoms with van der Waals surface area (Å²) in [6, 6.07) is 7.97. The number of benzene rings is 1. The van der Waals surface area contributed by atoms with Crippen LogP contribution < -0.4 is 5.32 Å². The second-order valence-corrected chi connectivity index (χ2v) is 4.49. The Balaban J connectivity index is 2.35. The Morgan fingerprint density at radius 1 is 1.16 bits per heavy atom. The first-order chi connectivity index (χ1) is 9.15. The van der Waals surface area contributed by atoms with Crippen LogP contribution in [0.25, 0.3) is 0 Å². The summed E-state index contributed by atoms with van der Waals surface area (Å²) in [6.07, 6.45) is 0. The molecule has 0 radical (unpaired) electrons. The topological polar surface area (TPSA) is 72.8 Å². The molecule has 1 amide bonds. The fraction of sp³-hybridized carbons (Fsp3) is 0.500. The molecule has 1 aromatic rings. The molecular formula is C14H22N2O3. The van der Waals surface area contributed by atoms with E-state index in [1.807, 2.05) is 31.2 Å². The third-order valence-corrected chi connectivity index (χ3v) is 2.81. The quantitative estimate of drug-likeness (QED) is 0.614. The molecule has 1 aromatic carbocycles. The standard InChI is InChI=1S/C14H22N2O3/c1-12-2-4-13(5-3-12)10-15-14(19)11-16(6-8-17)7-9-18/h2-5,17-18H,6-11H2,1H3,(H,15,19). The van der Waals surface area contributed by atoms with Gasteiger partial charge in [-0.15, -0.1) is 0 Å². The second-order valence-electron chi connectivity index (χ2n) is 4.49. The summed E-state index contributed by atoms with van der Waals surface area (Å²) in [5, 5.41) is 20.5. The van der Waals surface area contributed by atoms with Crippen molar-refractivity contribution in [2.45, 2.75) is 13.5 Å². The molecule has 19 heavy (non-hydrogen) atoms. The van der Waals surface area contributed by atoms with Crippen LogP contribution in [-0.2, 0) is 11.3 Å². The van der Waals surface area contributed by atoms with Crippen LogP contribution in [0.2, 0.25) is 0 Å². The van der Waals surface area contributed by atoms with E-state index >= 15 is 0 Å². The van der Waals surface area contributed by atoms with Gasteiger partial charge < -0.3 is 15.5 Å². The Kier molecular flexibility index (Phi) is 7.10. The van der Waals surface area contributed by atoms with Crippen LogP contribution in [0, 0.1) is 6.92 Å². The molecule has 5 nitrogen and oxygen atoms in total. The van der Waals surface area contributed by atoms with E-state index < -0.39 is 0 Å². The molecule has 1 rings (SSSR count). The molecular weight excluding hydrogens is 244 g/mol. The second kappa shape index (κ2) is 8.63. The summed E-state index contributed by atoms with van der Waals surface area (Å²) in [4.78, 5) is 13.4. The van der Waals surface area contributed by atoms with Crippen molar-refractivity contribution in [3.63, 3.8) is 0 Å². The SMILES string of the molecule is Cc1ccc(CNC(=O)CN(CCO)CCO)cc1. The number of hydrogen-bond acceptors (Lipinski definition) is 4. The minimum atomic E-state index is -0.109. The maximum atomic E-state index is 11.7. The lowest BCUT2D eigenvalue weighted by atomic mass is 10.1. The molecule has 0 aliphatic carbocycles. The molecule has 0 fully saturated rings. The molecule has 0 bridgehead atoms. The number of nitrogens with zero attached hydrogens (tertiary/aromatic N) is 1. The van der Waals surface area contributed by atoms with Gasteiger partial charge in [0.25, 0.3) is 0 Å². The van der Waals surface area contributed by atoms with Gasteiger partial charge in [-0.1, -0.05) is 29.8 Å². The Bertz CT molecular complexity index is 373. The maximum absolute atomic E-state index is 11.7. The van der Waals surface area contributed by atoms with Gasteiger partial charge >= 0.3 is 0 Å². The van der Waals surface area contributed by atoms with Crippen molar-refractivity contribution in [2.24, 2.45) is 0 Å². The fourth-order valence-electron chi connectivity index (χ4n) is 1.72. The first-order valence-electron chi connectivity index (χ1n) is 6.42. The summed E-state index contributed by atoms with van der Waals surface area (Å²) >= 11 is 0. The molecule has 0 spiro atoms. The summed E-state index contributed by atoms with van der Waals surface area (Å²) in [6.45, 7) is 3.43. The van der Waals surface area contributed by atoms with Crippen LogP contribution in [0.1, 0.15) is 11.1 Å². The van der Waals surface area contributed by atoms with Gasteiger partial charge in [0.05, 0.1) is 19.8 Å². The van der Waals surface area contributed by atoms with Crippen molar-refractivity contribution in [3.8, 4) is 0 Å². The van der Waals surface area contributed by atoms with Gasteiger partial charge in [0.1, 0.15) is 0 Å². The zero-order chi connectivity index (χ0) is 14.1. The summed E-state index contributed by atoms with van der Waals surface area (Å²) in [7, 11) is 0. The molecule has 0 unspecified atom stereocenters. The molecule has 3 N–H and O–H groups in total. The first kappa shape index (κ1) is 15.6. The smallest absolute Gasteiger partial charge is 0.234 e. The Labute approximate surface area is 113 Å². The Morgan fingerprint density at radius 2 is 1.74 bits per heavy atom. The molecule has 0 aliphatic rings. The lowest BCUT2D eigenvalue weighted by Gasteiger charge is -2.19. The zero-order valence-corrected chi connectivity index (χ0v) is 11.3. The largest absolute Gasteiger partial charge is 0.395 e. The first-order valence-corrected chi connectivity index (χ1v) is 6.42. The molecule has 0 atom stereocenters. The molecule has 5 heteroatoms. The number of hydrogen-bond donors (Lipinski definition) is 3. The molecule has 0 saturated heterocycles. The van der Waals surface area contributed by atoms with Gasteiger partial charge in [-0.25, -0.2) is 0 Å². The number of carbonyl (C=O) groups is 1. The highest BCUT2D eigenvalue weighted by Crippen LogP contribution is 2.02. The highest BCUT2D eigenvalue weighted by atomic mass is 16.3. The average Bonchev–Trinajstić information content (AvgIpc) is 2.39. The van der Waals surface area contributed by atoms with Crippen molar-refractivity contribution >= 4 is 5.91 Å². The summed E-state index contributed by atoms with van der Waals surface area (Å²) in [5.74, 6) is -0.109. The predicted octanol–water partition coefficient (Wildman–Crippen LogP) is -0.102. The predicted molar refractivity (Wildman–Crippen MR) is 73.6 cm³/mol. The van der Waals surface area contributed by atoms with Gasteiger partial charge in [-0.3, -0.25) is 9.69 Å². The summed E-state index contributed by atoms with van der Waals surface area (Å²) < 4.78 is 0. The van der Waals surface area contributed by atoms with Crippen LogP contribution in [0.5, 0.6) is 0 Å². The third kappa shape index (κ3) is 6.33.